The fourth-order valence-corrected chi connectivity index (χ4v) is 5.88. The molecule has 36 heavy (non-hydrogen) atoms. The van der Waals surface area contributed by atoms with Crippen molar-refractivity contribution < 1.29 is 4.79 Å². The number of primary amides is 1. The van der Waals surface area contributed by atoms with E-state index >= 15 is 0 Å². The number of anilines is 1. The van der Waals surface area contributed by atoms with Crippen LogP contribution in [0.25, 0.3) is 11.0 Å². The molecule has 0 unspecified atom stereocenters. The van der Waals surface area contributed by atoms with Crippen molar-refractivity contribution in [2.24, 2.45) is 17.6 Å². The van der Waals surface area contributed by atoms with E-state index < -0.39 is 0 Å². The predicted octanol–water partition coefficient (Wildman–Crippen LogP) is 3.64. The number of piperidine rings is 1. The molecule has 2 aromatic heterocycles. The number of amides is 1. The van der Waals surface area contributed by atoms with Gasteiger partial charge in [0.05, 0.1) is 11.4 Å². The highest BCUT2D eigenvalue weighted by molar-refractivity contribution is 6.35. The molecule has 5 rings (SSSR count). The molecule has 0 saturated carbocycles. The molecule has 2 aliphatic heterocycles. The lowest BCUT2D eigenvalue weighted by atomic mass is 9.80. The van der Waals surface area contributed by atoms with Gasteiger partial charge in [-0.1, -0.05) is 29.3 Å². The Morgan fingerprint density at radius 2 is 2.08 bits per heavy atom. The molecule has 1 amide bonds. The summed E-state index contributed by atoms with van der Waals surface area (Å²) in [6.07, 6.45) is 4.44. The van der Waals surface area contributed by atoms with E-state index in [0.29, 0.717) is 45.3 Å². The molecule has 2 fully saturated rings. The number of hydrogen-bond acceptors (Lipinski definition) is 7. The normalized spacial score (nSPS) is 19.7. The lowest BCUT2D eigenvalue weighted by Crippen LogP contribution is -2.54. The minimum Gasteiger partial charge on any atom is -0.370 e. The zero-order chi connectivity index (χ0) is 25.4. The van der Waals surface area contributed by atoms with E-state index in [1.165, 1.54) is 6.42 Å². The third-order valence-electron chi connectivity index (χ3n) is 7.40. The number of benzene rings is 1. The fraction of sp³-hybridized carbons (Fsp3) is 0.480. The lowest BCUT2D eigenvalue weighted by molar-refractivity contribution is -0.118. The Balaban J connectivity index is 1.33. The number of hydrogen-bond donors (Lipinski definition) is 1. The Hall–Kier alpha value is -2.93. The van der Waals surface area contributed by atoms with Gasteiger partial charge >= 0.3 is 0 Å². The SMILES string of the molecule is C[C@H](c1ccc(Cl)cc1Cl)n1nc(C#N)c2cnc(N3CC([C@H]4CCCN(CCC(N)=O)C4)C3)nc21. The third-order valence-corrected chi connectivity index (χ3v) is 7.96. The Morgan fingerprint density at radius 1 is 1.28 bits per heavy atom. The van der Waals surface area contributed by atoms with Gasteiger partial charge < -0.3 is 15.5 Å². The molecule has 3 aromatic rings. The van der Waals surface area contributed by atoms with E-state index in [4.69, 9.17) is 33.9 Å². The second kappa shape index (κ2) is 10.2. The summed E-state index contributed by atoms with van der Waals surface area (Å²) in [4.78, 5) is 25.1. The monoisotopic (exact) mass is 526 g/mol. The van der Waals surface area contributed by atoms with Gasteiger partial charge in [0.25, 0.3) is 0 Å². The van der Waals surface area contributed by atoms with Crippen molar-refractivity contribution in [2.45, 2.75) is 32.2 Å². The number of nitrogens with zero attached hydrogens (tertiary/aromatic N) is 7. The molecule has 1 aromatic carbocycles. The van der Waals surface area contributed by atoms with Gasteiger partial charge in [0, 0.05) is 48.8 Å². The summed E-state index contributed by atoms with van der Waals surface area (Å²) in [5.74, 6) is 1.55. The highest BCUT2D eigenvalue weighted by Gasteiger charge is 2.37. The molecule has 0 radical (unpaired) electrons. The Labute approximate surface area is 219 Å². The van der Waals surface area contributed by atoms with Gasteiger partial charge in [-0.3, -0.25) is 4.79 Å². The van der Waals surface area contributed by atoms with Crippen LogP contribution < -0.4 is 10.6 Å². The molecular weight excluding hydrogens is 499 g/mol. The van der Waals surface area contributed by atoms with E-state index in [0.717, 1.165) is 44.7 Å². The fourth-order valence-electron chi connectivity index (χ4n) is 5.31. The van der Waals surface area contributed by atoms with Crippen molar-refractivity contribution in [3.05, 3.63) is 45.7 Å². The molecule has 2 N–H and O–H groups in total. The summed E-state index contributed by atoms with van der Waals surface area (Å²) in [5, 5.41) is 15.9. The minimum atomic E-state index is -0.250. The number of carbonyl (C=O) groups is 1. The second-order valence-corrected chi connectivity index (χ2v) is 10.6. The van der Waals surface area contributed by atoms with Gasteiger partial charge in [0.2, 0.25) is 11.9 Å². The summed E-state index contributed by atoms with van der Waals surface area (Å²) in [5.41, 5.74) is 7.06. The van der Waals surface area contributed by atoms with Gasteiger partial charge in [0.15, 0.2) is 11.3 Å². The number of halogens is 2. The van der Waals surface area contributed by atoms with Crippen LogP contribution in [0.5, 0.6) is 0 Å². The van der Waals surface area contributed by atoms with Crippen LogP contribution >= 0.6 is 23.2 Å². The van der Waals surface area contributed by atoms with E-state index in [-0.39, 0.29) is 17.6 Å². The van der Waals surface area contributed by atoms with Crippen LogP contribution in [0.1, 0.15) is 43.5 Å². The van der Waals surface area contributed by atoms with Crippen LogP contribution in [-0.4, -0.2) is 63.3 Å². The number of nitrogens with two attached hydrogens (primary N) is 1. The molecule has 188 valence electrons. The predicted molar refractivity (Wildman–Crippen MR) is 139 cm³/mol. The van der Waals surface area contributed by atoms with Crippen molar-refractivity contribution in [2.75, 3.05) is 37.6 Å². The van der Waals surface area contributed by atoms with E-state index in [1.54, 1.807) is 23.0 Å². The number of likely N-dealkylation sites (tertiary alicyclic amines) is 1. The smallest absolute Gasteiger partial charge is 0.227 e. The Morgan fingerprint density at radius 3 is 2.81 bits per heavy atom. The molecule has 2 aliphatic rings. The standard InChI is InChI=1S/C25H28Cl2N8O/c1-15(19-5-4-18(26)9-21(19)27)35-24-20(22(10-28)32-35)11-30-25(31-24)34-13-17(14-34)16-3-2-7-33(12-16)8-6-23(29)36/h4-5,9,11,15-17H,2-3,6-8,12-14H2,1H3,(H2,29,36)/t15-,16+/m1/s1. The van der Waals surface area contributed by atoms with Gasteiger partial charge in [-0.05, 0) is 55.8 Å². The lowest BCUT2D eigenvalue weighted by Gasteiger charge is -2.46. The summed E-state index contributed by atoms with van der Waals surface area (Å²) in [6, 6.07) is 7.26. The van der Waals surface area contributed by atoms with Crippen molar-refractivity contribution in [1.29, 1.82) is 5.26 Å². The van der Waals surface area contributed by atoms with Crippen LogP contribution in [-0.2, 0) is 4.79 Å². The minimum absolute atomic E-state index is 0.245. The largest absolute Gasteiger partial charge is 0.370 e. The molecule has 0 spiro atoms. The maximum Gasteiger partial charge on any atom is 0.227 e. The number of nitriles is 1. The molecule has 4 heterocycles. The summed E-state index contributed by atoms with van der Waals surface area (Å²) >= 11 is 12.5. The van der Waals surface area contributed by atoms with E-state index in [9.17, 15) is 10.1 Å². The first-order chi connectivity index (χ1) is 17.3. The Kier molecular flexibility index (Phi) is 7.02. The summed E-state index contributed by atoms with van der Waals surface area (Å²) in [6.45, 7) is 6.51. The van der Waals surface area contributed by atoms with Crippen LogP contribution in [0.15, 0.2) is 24.4 Å². The first kappa shape index (κ1) is 24.8. The third kappa shape index (κ3) is 4.85. The zero-order valence-corrected chi connectivity index (χ0v) is 21.6. The van der Waals surface area contributed by atoms with Crippen LogP contribution in [0, 0.1) is 23.2 Å². The Bertz CT molecular complexity index is 1330. The zero-order valence-electron chi connectivity index (χ0n) is 20.1. The van der Waals surface area contributed by atoms with Crippen molar-refractivity contribution >= 4 is 46.1 Å². The molecule has 2 saturated heterocycles. The number of carbonyl (C=O) groups excluding carboxylic acids is 1. The van der Waals surface area contributed by atoms with Crippen LogP contribution in [0.3, 0.4) is 0 Å². The van der Waals surface area contributed by atoms with Crippen molar-refractivity contribution in [3.63, 3.8) is 0 Å². The molecule has 11 heteroatoms. The maximum atomic E-state index is 11.2. The highest BCUT2D eigenvalue weighted by Crippen LogP contribution is 2.34. The van der Waals surface area contributed by atoms with E-state index in [2.05, 4.69) is 26.0 Å². The van der Waals surface area contributed by atoms with Crippen LogP contribution in [0.4, 0.5) is 5.95 Å². The van der Waals surface area contributed by atoms with Gasteiger partial charge in [-0.2, -0.15) is 15.3 Å². The number of fused-ring (bicyclic) bond motifs is 1. The average Bonchev–Trinajstić information content (AvgIpc) is 3.20. The first-order valence-corrected chi connectivity index (χ1v) is 13.0. The first-order valence-electron chi connectivity index (χ1n) is 12.2. The van der Waals surface area contributed by atoms with Gasteiger partial charge in [-0.25, -0.2) is 9.67 Å². The second-order valence-electron chi connectivity index (χ2n) is 9.74. The van der Waals surface area contributed by atoms with Crippen LogP contribution in [0.2, 0.25) is 10.0 Å². The topological polar surface area (TPSA) is 117 Å². The van der Waals surface area contributed by atoms with Crippen molar-refractivity contribution in [1.82, 2.24) is 24.6 Å². The molecular formula is C25H28Cl2N8O. The maximum absolute atomic E-state index is 11.2. The van der Waals surface area contributed by atoms with Gasteiger partial charge in [0.1, 0.15) is 6.07 Å². The van der Waals surface area contributed by atoms with E-state index in [1.807, 2.05) is 13.0 Å². The highest BCUT2D eigenvalue weighted by atomic mass is 35.5. The summed E-state index contributed by atoms with van der Waals surface area (Å²) < 4.78 is 1.74. The quantitative estimate of drug-likeness (QED) is 0.499. The molecule has 2 atom stereocenters. The number of aromatic nitrogens is 4. The molecule has 9 nitrogen and oxygen atoms in total. The molecule has 0 aliphatic carbocycles. The molecule has 0 bridgehead atoms. The van der Waals surface area contributed by atoms with Gasteiger partial charge in [-0.15, -0.1) is 0 Å². The van der Waals surface area contributed by atoms with Crippen molar-refractivity contribution in [3.8, 4) is 6.07 Å². The summed E-state index contributed by atoms with van der Waals surface area (Å²) in [7, 11) is 0. The average molecular weight is 527 g/mol. The number of rotatable bonds is 7.